The fraction of sp³-hybridized carbons (Fsp3) is 0.462. The van der Waals surface area contributed by atoms with E-state index in [4.69, 9.17) is 4.74 Å². The van der Waals surface area contributed by atoms with Crippen LogP contribution in [0.25, 0.3) is 0 Å². The van der Waals surface area contributed by atoms with Crippen molar-refractivity contribution in [2.45, 2.75) is 17.9 Å². The normalized spacial score (nSPS) is 11.9. The summed E-state index contributed by atoms with van der Waals surface area (Å²) < 4.78 is 5.56. The van der Waals surface area contributed by atoms with Gasteiger partial charge in [0.05, 0.1) is 0 Å². The van der Waals surface area contributed by atoms with Crippen LogP contribution in [0.2, 0.25) is 0 Å². The predicted molar refractivity (Wildman–Crippen MR) is 75.2 cm³/mol. The molecular weight excluding hydrogens is 248 g/mol. The highest BCUT2D eigenvalue weighted by atomic mass is 32.2. The second-order valence-corrected chi connectivity index (χ2v) is 4.71. The average Bonchev–Trinajstić information content (AvgIpc) is 2.39. The summed E-state index contributed by atoms with van der Waals surface area (Å²) in [6.07, 6.45) is 1.54. The van der Waals surface area contributed by atoms with Crippen molar-refractivity contribution in [3.8, 4) is 5.75 Å². The first-order valence-corrected chi connectivity index (χ1v) is 7.13. The SMILES string of the molecule is CNCCNC(=O)C(C)Oc1ccc(SC)cc1. The molecule has 2 N–H and O–H groups in total. The number of hydrogen-bond donors (Lipinski definition) is 2. The van der Waals surface area contributed by atoms with Crippen LogP contribution in [-0.4, -0.2) is 38.4 Å². The third-order valence-electron chi connectivity index (χ3n) is 2.42. The predicted octanol–water partition coefficient (Wildman–Crippen LogP) is 1.51. The summed E-state index contributed by atoms with van der Waals surface area (Å²) in [5.74, 6) is 0.614. The molecule has 0 saturated heterocycles. The maximum absolute atomic E-state index is 11.7. The largest absolute Gasteiger partial charge is 0.481 e. The van der Waals surface area contributed by atoms with E-state index >= 15 is 0 Å². The van der Waals surface area contributed by atoms with Gasteiger partial charge in [0.15, 0.2) is 6.10 Å². The zero-order chi connectivity index (χ0) is 13.4. The molecule has 0 saturated carbocycles. The number of benzene rings is 1. The highest BCUT2D eigenvalue weighted by Crippen LogP contribution is 2.19. The van der Waals surface area contributed by atoms with Crippen molar-refractivity contribution < 1.29 is 9.53 Å². The third-order valence-corrected chi connectivity index (χ3v) is 3.16. The zero-order valence-corrected chi connectivity index (χ0v) is 11.8. The smallest absolute Gasteiger partial charge is 0.260 e. The zero-order valence-electron chi connectivity index (χ0n) is 11.0. The summed E-state index contributed by atoms with van der Waals surface area (Å²) >= 11 is 1.67. The molecular formula is C13H20N2O2S. The first-order chi connectivity index (χ1) is 8.67. The van der Waals surface area contributed by atoms with Crippen LogP contribution in [-0.2, 0) is 4.79 Å². The fourth-order valence-corrected chi connectivity index (χ4v) is 1.77. The summed E-state index contributed by atoms with van der Waals surface area (Å²) in [7, 11) is 1.85. The number of thioether (sulfide) groups is 1. The number of ether oxygens (including phenoxy) is 1. The molecule has 0 aliphatic carbocycles. The maximum atomic E-state index is 11.7. The molecule has 5 heteroatoms. The third kappa shape index (κ3) is 4.98. The van der Waals surface area contributed by atoms with Crippen LogP contribution in [0.5, 0.6) is 5.75 Å². The van der Waals surface area contributed by atoms with Crippen molar-refractivity contribution in [1.82, 2.24) is 10.6 Å². The van der Waals surface area contributed by atoms with Crippen LogP contribution in [0, 0.1) is 0 Å². The molecule has 1 aromatic carbocycles. The lowest BCUT2D eigenvalue weighted by Gasteiger charge is -2.14. The van der Waals surface area contributed by atoms with E-state index in [0.29, 0.717) is 12.3 Å². The minimum absolute atomic E-state index is 0.0980. The maximum Gasteiger partial charge on any atom is 0.260 e. The fourth-order valence-electron chi connectivity index (χ4n) is 1.37. The van der Waals surface area contributed by atoms with Crippen LogP contribution in [0.4, 0.5) is 0 Å². The van der Waals surface area contributed by atoms with Crippen molar-refractivity contribution in [1.29, 1.82) is 0 Å². The van der Waals surface area contributed by atoms with Crippen molar-refractivity contribution in [3.05, 3.63) is 24.3 Å². The Kier molecular flexibility index (Phi) is 6.60. The van der Waals surface area contributed by atoms with Gasteiger partial charge in [-0.1, -0.05) is 0 Å². The lowest BCUT2D eigenvalue weighted by molar-refractivity contribution is -0.127. The van der Waals surface area contributed by atoms with Gasteiger partial charge in [0.25, 0.3) is 5.91 Å². The quantitative estimate of drug-likeness (QED) is 0.581. The van der Waals surface area contributed by atoms with Crippen LogP contribution in [0.15, 0.2) is 29.2 Å². The topological polar surface area (TPSA) is 50.4 Å². The second kappa shape index (κ2) is 8.00. The number of nitrogens with one attached hydrogen (secondary N) is 2. The van der Waals surface area contributed by atoms with Crippen LogP contribution in [0.1, 0.15) is 6.92 Å². The Morgan fingerprint density at radius 2 is 2.00 bits per heavy atom. The molecule has 0 bridgehead atoms. The summed E-state index contributed by atoms with van der Waals surface area (Å²) in [4.78, 5) is 12.9. The molecule has 1 atom stereocenters. The molecule has 0 heterocycles. The van der Waals surface area contributed by atoms with E-state index in [-0.39, 0.29) is 5.91 Å². The molecule has 0 radical (unpaired) electrons. The van der Waals surface area contributed by atoms with E-state index in [9.17, 15) is 4.79 Å². The summed E-state index contributed by atoms with van der Waals surface area (Å²) in [5.41, 5.74) is 0. The molecule has 1 aromatic rings. The number of carbonyl (C=O) groups excluding carboxylic acids is 1. The van der Waals surface area contributed by atoms with E-state index in [1.54, 1.807) is 18.7 Å². The average molecular weight is 268 g/mol. The van der Waals surface area contributed by atoms with Crippen molar-refractivity contribution in [2.24, 2.45) is 0 Å². The Hall–Kier alpha value is -1.20. The number of hydrogen-bond acceptors (Lipinski definition) is 4. The molecule has 0 spiro atoms. The number of amides is 1. The molecule has 4 nitrogen and oxygen atoms in total. The number of rotatable bonds is 7. The van der Waals surface area contributed by atoms with Gasteiger partial charge in [-0.2, -0.15) is 0 Å². The summed E-state index contributed by atoms with van der Waals surface area (Å²) in [6, 6.07) is 7.71. The minimum Gasteiger partial charge on any atom is -0.481 e. The van der Waals surface area contributed by atoms with Gasteiger partial charge in [0, 0.05) is 18.0 Å². The Bertz CT molecular complexity index is 368. The molecule has 1 unspecified atom stereocenters. The molecule has 0 aliphatic rings. The van der Waals surface area contributed by atoms with Crippen LogP contribution in [0.3, 0.4) is 0 Å². The molecule has 18 heavy (non-hydrogen) atoms. The Morgan fingerprint density at radius 1 is 1.33 bits per heavy atom. The van der Waals surface area contributed by atoms with Gasteiger partial charge in [0.2, 0.25) is 0 Å². The first-order valence-electron chi connectivity index (χ1n) is 5.90. The Balaban J connectivity index is 2.42. The lowest BCUT2D eigenvalue weighted by atomic mass is 10.3. The second-order valence-electron chi connectivity index (χ2n) is 3.83. The lowest BCUT2D eigenvalue weighted by Crippen LogP contribution is -2.39. The Labute approximate surface area is 112 Å². The van der Waals surface area contributed by atoms with E-state index in [1.165, 1.54) is 4.90 Å². The van der Waals surface area contributed by atoms with Crippen molar-refractivity contribution in [2.75, 3.05) is 26.4 Å². The van der Waals surface area contributed by atoms with Crippen LogP contribution < -0.4 is 15.4 Å². The van der Waals surface area contributed by atoms with Gasteiger partial charge >= 0.3 is 0 Å². The highest BCUT2D eigenvalue weighted by molar-refractivity contribution is 7.98. The summed E-state index contributed by atoms with van der Waals surface area (Å²) in [6.45, 7) is 3.10. The monoisotopic (exact) mass is 268 g/mol. The van der Waals surface area contributed by atoms with Gasteiger partial charge in [-0.3, -0.25) is 4.79 Å². The molecule has 0 fully saturated rings. The van der Waals surface area contributed by atoms with E-state index < -0.39 is 6.10 Å². The first kappa shape index (κ1) is 14.9. The summed E-state index contributed by atoms with van der Waals surface area (Å²) in [5, 5.41) is 5.76. The molecule has 1 amide bonds. The van der Waals surface area contributed by atoms with Gasteiger partial charge < -0.3 is 15.4 Å². The number of likely N-dealkylation sites (N-methyl/N-ethyl adjacent to an activating group) is 1. The standard InChI is InChI=1S/C13H20N2O2S/c1-10(13(16)15-9-8-14-2)17-11-4-6-12(18-3)7-5-11/h4-7,10,14H,8-9H2,1-3H3,(H,15,16). The molecule has 1 rings (SSSR count). The van der Waals surface area contributed by atoms with Gasteiger partial charge in [-0.15, -0.1) is 11.8 Å². The van der Waals surface area contributed by atoms with E-state index in [1.807, 2.05) is 37.6 Å². The van der Waals surface area contributed by atoms with Crippen molar-refractivity contribution in [3.63, 3.8) is 0 Å². The van der Waals surface area contributed by atoms with Gasteiger partial charge in [-0.25, -0.2) is 0 Å². The van der Waals surface area contributed by atoms with E-state index in [0.717, 1.165) is 6.54 Å². The molecule has 0 aromatic heterocycles. The van der Waals surface area contributed by atoms with E-state index in [2.05, 4.69) is 10.6 Å². The van der Waals surface area contributed by atoms with Gasteiger partial charge in [-0.05, 0) is 44.5 Å². The van der Waals surface area contributed by atoms with Crippen molar-refractivity contribution >= 4 is 17.7 Å². The minimum atomic E-state index is -0.484. The molecule has 100 valence electrons. The van der Waals surface area contributed by atoms with Crippen LogP contribution >= 0.6 is 11.8 Å². The Morgan fingerprint density at radius 3 is 2.56 bits per heavy atom. The van der Waals surface area contributed by atoms with Gasteiger partial charge in [0.1, 0.15) is 5.75 Å². The molecule has 0 aliphatic heterocycles. The highest BCUT2D eigenvalue weighted by Gasteiger charge is 2.13. The number of carbonyl (C=O) groups is 1.